The Bertz CT molecular complexity index is 684. The molecule has 0 unspecified atom stereocenters. The Kier molecular flexibility index (Phi) is 3.50. The Morgan fingerprint density at radius 3 is 2.24 bits per heavy atom. The van der Waals surface area contributed by atoms with Crippen molar-refractivity contribution in [1.82, 2.24) is 0 Å². The number of halogens is 1. The van der Waals surface area contributed by atoms with Crippen molar-refractivity contribution in [3.05, 3.63) is 64.2 Å². The molecule has 0 radical (unpaired) electrons. The summed E-state index contributed by atoms with van der Waals surface area (Å²) in [6.07, 6.45) is 1.71. The maximum atomic E-state index is 12.8. The number of anilines is 1. The molecule has 2 aromatic rings. The summed E-state index contributed by atoms with van der Waals surface area (Å²) in [5, 5.41) is 3.78. The van der Waals surface area contributed by atoms with Crippen molar-refractivity contribution in [3.8, 4) is 0 Å². The molecule has 1 aliphatic rings. The first-order valence-electron chi connectivity index (χ1n) is 7.17. The fourth-order valence-corrected chi connectivity index (χ4v) is 3.15. The molecule has 0 saturated heterocycles. The zero-order valence-corrected chi connectivity index (χ0v) is 13.0. The second-order valence-corrected chi connectivity index (χ2v) is 6.19. The molecule has 1 N–H and O–H groups in total. The van der Waals surface area contributed by atoms with E-state index in [1.165, 1.54) is 0 Å². The van der Waals surface area contributed by atoms with Crippen LogP contribution in [0.25, 0.3) is 0 Å². The number of hydrogen-bond donors (Lipinski definition) is 1. The lowest BCUT2D eigenvalue weighted by molar-refractivity contribution is -0.118. The van der Waals surface area contributed by atoms with Crippen molar-refractivity contribution >= 4 is 23.2 Å². The average molecular weight is 300 g/mol. The van der Waals surface area contributed by atoms with Gasteiger partial charge in [0.1, 0.15) is 0 Å². The van der Waals surface area contributed by atoms with Gasteiger partial charge in [0.25, 0.3) is 0 Å². The minimum atomic E-state index is -0.451. The molecule has 2 nitrogen and oxygen atoms in total. The fourth-order valence-electron chi connectivity index (χ4n) is 2.84. The van der Waals surface area contributed by atoms with Gasteiger partial charge in [-0.3, -0.25) is 4.79 Å². The number of carbonyl (C=O) groups is 1. The van der Waals surface area contributed by atoms with Gasteiger partial charge in [-0.2, -0.15) is 0 Å². The lowest BCUT2D eigenvalue weighted by Gasteiger charge is -2.19. The average Bonchev–Trinajstić information content (AvgIpc) is 3.25. The molecule has 1 fully saturated rings. The second-order valence-electron chi connectivity index (χ2n) is 5.78. The van der Waals surface area contributed by atoms with Crippen molar-refractivity contribution in [2.75, 3.05) is 5.32 Å². The summed E-state index contributed by atoms with van der Waals surface area (Å²) < 4.78 is 0. The molecule has 1 aliphatic carbocycles. The topological polar surface area (TPSA) is 29.1 Å². The van der Waals surface area contributed by atoms with Crippen molar-refractivity contribution in [1.29, 1.82) is 0 Å². The van der Waals surface area contributed by atoms with E-state index in [1.807, 2.05) is 56.3 Å². The maximum absolute atomic E-state index is 12.8. The zero-order valence-electron chi connectivity index (χ0n) is 12.2. The van der Waals surface area contributed by atoms with Crippen molar-refractivity contribution < 1.29 is 4.79 Å². The quantitative estimate of drug-likeness (QED) is 0.880. The number of carbonyl (C=O) groups excluding carboxylic acids is 1. The van der Waals surface area contributed by atoms with Gasteiger partial charge in [0.15, 0.2) is 0 Å². The molecule has 1 amide bonds. The molecular weight excluding hydrogens is 282 g/mol. The molecule has 0 spiro atoms. The highest BCUT2D eigenvalue weighted by Gasteiger charge is 2.52. The van der Waals surface area contributed by atoms with Gasteiger partial charge >= 0.3 is 0 Å². The van der Waals surface area contributed by atoms with Crippen LogP contribution in [0.3, 0.4) is 0 Å². The van der Waals surface area contributed by atoms with Gasteiger partial charge in [-0.1, -0.05) is 48.0 Å². The van der Waals surface area contributed by atoms with E-state index >= 15 is 0 Å². The molecule has 0 aromatic heterocycles. The molecule has 0 atom stereocenters. The highest BCUT2D eigenvalue weighted by Crippen LogP contribution is 2.51. The largest absolute Gasteiger partial charge is 0.325 e. The summed E-state index contributed by atoms with van der Waals surface area (Å²) in [7, 11) is 0. The number of nitrogens with one attached hydrogen (secondary N) is 1. The molecule has 0 heterocycles. The molecule has 3 heteroatoms. The molecular formula is C18H18ClNO. The molecule has 3 rings (SSSR count). The number of aryl methyl sites for hydroxylation is 2. The summed E-state index contributed by atoms with van der Waals surface area (Å²) in [5.74, 6) is 0.0491. The molecule has 108 valence electrons. The van der Waals surface area contributed by atoms with E-state index in [0.29, 0.717) is 5.02 Å². The van der Waals surface area contributed by atoms with Crippen LogP contribution in [0.4, 0.5) is 5.69 Å². The molecule has 0 bridgehead atoms. The SMILES string of the molecule is Cc1cccc(C)c1NC(=O)C1(c2ccccc2Cl)CC1. The summed E-state index contributed by atoms with van der Waals surface area (Å²) in [5.41, 5.74) is 3.57. The zero-order chi connectivity index (χ0) is 15.0. The van der Waals surface area contributed by atoms with Gasteiger partial charge in [-0.05, 0) is 49.4 Å². The second kappa shape index (κ2) is 5.19. The number of para-hydroxylation sites is 1. The Hall–Kier alpha value is -1.80. The van der Waals surface area contributed by atoms with Crippen LogP contribution in [-0.4, -0.2) is 5.91 Å². The van der Waals surface area contributed by atoms with E-state index in [9.17, 15) is 4.79 Å². The lowest BCUT2D eigenvalue weighted by Crippen LogP contribution is -2.28. The normalized spacial score (nSPS) is 15.6. The molecule has 2 aromatic carbocycles. The van der Waals surface area contributed by atoms with Gasteiger partial charge in [0.05, 0.1) is 5.41 Å². The number of hydrogen-bond acceptors (Lipinski definition) is 1. The molecule has 1 saturated carbocycles. The molecule has 21 heavy (non-hydrogen) atoms. The van der Waals surface area contributed by atoms with Crippen molar-refractivity contribution in [3.63, 3.8) is 0 Å². The highest BCUT2D eigenvalue weighted by molar-refractivity contribution is 6.32. The van der Waals surface area contributed by atoms with Gasteiger partial charge in [0, 0.05) is 10.7 Å². The van der Waals surface area contributed by atoms with Gasteiger partial charge in [-0.25, -0.2) is 0 Å². The van der Waals surface area contributed by atoms with E-state index in [1.54, 1.807) is 0 Å². The third kappa shape index (κ3) is 2.44. The summed E-state index contributed by atoms with van der Waals surface area (Å²) in [6.45, 7) is 4.02. The predicted molar refractivity (Wildman–Crippen MR) is 86.9 cm³/mol. The Labute approximate surface area is 130 Å². The first kappa shape index (κ1) is 14.2. The summed E-state index contributed by atoms with van der Waals surface area (Å²) >= 11 is 6.28. The van der Waals surface area contributed by atoms with Crippen LogP contribution in [0.2, 0.25) is 5.02 Å². The Balaban J connectivity index is 1.91. The van der Waals surface area contributed by atoms with Crippen LogP contribution in [-0.2, 0) is 10.2 Å². The third-order valence-electron chi connectivity index (χ3n) is 4.29. The minimum absolute atomic E-state index is 0.0491. The van der Waals surface area contributed by atoms with E-state index in [4.69, 9.17) is 11.6 Å². The van der Waals surface area contributed by atoms with E-state index in [-0.39, 0.29) is 5.91 Å². The van der Waals surface area contributed by atoms with Crippen LogP contribution >= 0.6 is 11.6 Å². The van der Waals surface area contributed by atoms with Gasteiger partial charge < -0.3 is 5.32 Å². The van der Waals surface area contributed by atoms with Crippen molar-refractivity contribution in [2.24, 2.45) is 0 Å². The smallest absolute Gasteiger partial charge is 0.235 e. The van der Waals surface area contributed by atoms with E-state index in [2.05, 4.69) is 5.32 Å². The predicted octanol–water partition coefficient (Wildman–Crippen LogP) is 4.63. The summed E-state index contributed by atoms with van der Waals surface area (Å²) in [4.78, 5) is 12.8. The standard InChI is InChI=1S/C18H18ClNO/c1-12-6-5-7-13(2)16(12)20-17(21)18(10-11-18)14-8-3-4-9-15(14)19/h3-9H,10-11H2,1-2H3,(H,20,21). The number of rotatable bonds is 3. The van der Waals surface area contributed by atoms with Crippen LogP contribution < -0.4 is 5.32 Å². The maximum Gasteiger partial charge on any atom is 0.235 e. The Morgan fingerprint density at radius 1 is 1.05 bits per heavy atom. The summed E-state index contributed by atoms with van der Waals surface area (Å²) in [6, 6.07) is 13.7. The monoisotopic (exact) mass is 299 g/mol. The van der Waals surface area contributed by atoms with Crippen LogP contribution in [0, 0.1) is 13.8 Å². The number of amides is 1. The van der Waals surface area contributed by atoms with E-state index in [0.717, 1.165) is 35.2 Å². The van der Waals surface area contributed by atoms with Crippen molar-refractivity contribution in [2.45, 2.75) is 32.1 Å². The third-order valence-corrected chi connectivity index (χ3v) is 4.62. The van der Waals surface area contributed by atoms with Gasteiger partial charge in [0.2, 0.25) is 5.91 Å². The van der Waals surface area contributed by atoms with Crippen LogP contribution in [0.15, 0.2) is 42.5 Å². The van der Waals surface area contributed by atoms with Crippen LogP contribution in [0.1, 0.15) is 29.5 Å². The van der Waals surface area contributed by atoms with Crippen LogP contribution in [0.5, 0.6) is 0 Å². The fraction of sp³-hybridized carbons (Fsp3) is 0.278. The van der Waals surface area contributed by atoms with Gasteiger partial charge in [-0.15, -0.1) is 0 Å². The first-order valence-corrected chi connectivity index (χ1v) is 7.55. The minimum Gasteiger partial charge on any atom is -0.325 e. The molecule has 0 aliphatic heterocycles. The lowest BCUT2D eigenvalue weighted by atomic mass is 9.94. The first-order chi connectivity index (χ1) is 10.0. The number of benzene rings is 2. The Morgan fingerprint density at radius 2 is 1.67 bits per heavy atom. The van der Waals surface area contributed by atoms with E-state index < -0.39 is 5.41 Å². The highest BCUT2D eigenvalue weighted by atomic mass is 35.5.